The minimum Gasteiger partial charge on any atom is -0.469 e. The van der Waals surface area contributed by atoms with Crippen LogP contribution in [0.25, 0.3) is 0 Å². The number of aliphatic hydroxyl groups is 1. The fourth-order valence-corrected chi connectivity index (χ4v) is 7.61. The molecule has 0 bridgehead atoms. The van der Waals surface area contributed by atoms with Gasteiger partial charge in [-0.3, -0.25) is 24.0 Å². The largest absolute Gasteiger partial charge is 0.469 e. The second-order valence-electron chi connectivity index (χ2n) is 15.6. The molecule has 7 atom stereocenters. The van der Waals surface area contributed by atoms with E-state index >= 15 is 0 Å². The summed E-state index contributed by atoms with van der Waals surface area (Å²) in [5.74, 6) is -2.57. The fourth-order valence-electron chi connectivity index (χ4n) is 6.81. The topological polar surface area (TPSA) is 179 Å². The molecule has 0 aliphatic heterocycles. The molecule has 13 nitrogen and oxygen atoms in total. The van der Waals surface area contributed by atoms with E-state index in [-0.39, 0.29) is 47.6 Å². The number of hydrogen-bond acceptors (Lipinski definition) is 10. The molecule has 2 rings (SSSR count). The third kappa shape index (κ3) is 16.5. The number of carbonyl (C=O) groups excluding carboxylic acids is 5. The van der Waals surface area contributed by atoms with Crippen LogP contribution in [-0.4, -0.2) is 96.0 Å². The number of hydrogen-bond donors (Lipinski definition) is 5. The standard InChI is InChI=1S/C43H70N6O7S/c1-10-12-23-45-39(52)31(7)49(42(54)38(29(5)11-2)48-37(51)21-17-14-18-22-44-8)35(28(3)4)26-36(50)41-47-34(27-57-41)40(53)46-33(24-30(6)43(55)56-9)25-32-19-15-13-16-20-32/h13,15-16,19-20,27-31,33,35-36,38,44,50H,10-12,14,17-18,21-26H2,1-9H3,(H,45,52)(H,46,53)(H,48,51)/t29-,30-,31?,33+,35+,36+,38-/m0/s1. The zero-order chi connectivity index (χ0) is 42.5. The Bertz CT molecular complexity index is 1520. The van der Waals surface area contributed by atoms with Crippen LogP contribution in [0.4, 0.5) is 0 Å². The van der Waals surface area contributed by atoms with Gasteiger partial charge in [-0.05, 0) is 70.0 Å². The number of nitrogens with zero attached hydrogens (tertiary/aromatic N) is 2. The van der Waals surface area contributed by atoms with Crippen LogP contribution >= 0.6 is 11.3 Å². The molecule has 0 aliphatic carbocycles. The van der Waals surface area contributed by atoms with Crippen molar-refractivity contribution in [2.24, 2.45) is 17.8 Å². The van der Waals surface area contributed by atoms with E-state index < -0.39 is 42.1 Å². The van der Waals surface area contributed by atoms with Crippen molar-refractivity contribution in [3.05, 3.63) is 52.0 Å². The van der Waals surface area contributed by atoms with Crippen LogP contribution < -0.4 is 21.3 Å². The number of aromatic nitrogens is 1. The number of carbonyl (C=O) groups is 5. The van der Waals surface area contributed by atoms with Crippen LogP contribution in [0.3, 0.4) is 0 Å². The van der Waals surface area contributed by atoms with Crippen LogP contribution in [0.2, 0.25) is 0 Å². The predicted octanol–water partition coefficient (Wildman–Crippen LogP) is 5.58. The smallest absolute Gasteiger partial charge is 0.308 e. The van der Waals surface area contributed by atoms with Crippen LogP contribution in [0.5, 0.6) is 0 Å². The predicted molar refractivity (Wildman–Crippen MR) is 226 cm³/mol. The number of ether oxygens (including phenoxy) is 1. The maximum Gasteiger partial charge on any atom is 0.308 e. The average Bonchev–Trinajstić information content (AvgIpc) is 3.70. The lowest BCUT2D eigenvalue weighted by Gasteiger charge is -2.41. The molecule has 4 amide bonds. The fraction of sp³-hybridized carbons (Fsp3) is 0.674. The summed E-state index contributed by atoms with van der Waals surface area (Å²) in [6, 6.07) is 6.88. The molecule has 2 aromatic rings. The van der Waals surface area contributed by atoms with E-state index in [1.165, 1.54) is 7.11 Å². The highest BCUT2D eigenvalue weighted by molar-refractivity contribution is 7.09. The van der Waals surface area contributed by atoms with Gasteiger partial charge in [-0.1, -0.05) is 91.1 Å². The maximum absolute atomic E-state index is 14.7. The highest BCUT2D eigenvalue weighted by Crippen LogP contribution is 2.30. The molecule has 0 fully saturated rings. The molecule has 320 valence electrons. The van der Waals surface area contributed by atoms with Gasteiger partial charge in [0, 0.05) is 36.9 Å². The molecule has 0 spiro atoms. The van der Waals surface area contributed by atoms with Gasteiger partial charge in [-0.2, -0.15) is 0 Å². The molecule has 1 aromatic heterocycles. The van der Waals surface area contributed by atoms with Crippen molar-refractivity contribution in [1.29, 1.82) is 0 Å². The molecule has 0 aliphatic rings. The van der Waals surface area contributed by atoms with Crippen LogP contribution in [0.1, 0.15) is 133 Å². The summed E-state index contributed by atoms with van der Waals surface area (Å²) in [7, 11) is 3.23. The van der Waals surface area contributed by atoms with E-state index in [2.05, 4.69) is 26.3 Å². The SMILES string of the molecule is CCCCNC(=O)C(C)N(C(=O)[C@@H](NC(=O)CCCCCNC)[C@@H](C)CC)[C@H](C[C@@H](O)c1nc(C(=O)N[C@@H](Cc2ccccc2)C[C@H](C)C(=O)OC)cs1)C(C)C. The summed E-state index contributed by atoms with van der Waals surface area (Å²) < 4.78 is 4.93. The van der Waals surface area contributed by atoms with E-state index in [0.29, 0.717) is 43.7 Å². The molecular weight excluding hydrogens is 745 g/mol. The summed E-state index contributed by atoms with van der Waals surface area (Å²) in [4.78, 5) is 73.5. The molecule has 5 N–H and O–H groups in total. The zero-order valence-corrected chi connectivity index (χ0v) is 36.6. The lowest BCUT2D eigenvalue weighted by molar-refractivity contribution is -0.148. The van der Waals surface area contributed by atoms with E-state index in [0.717, 1.165) is 49.1 Å². The van der Waals surface area contributed by atoms with Crippen molar-refractivity contribution in [1.82, 2.24) is 31.2 Å². The molecule has 0 radical (unpaired) electrons. The maximum atomic E-state index is 14.7. The Morgan fingerprint density at radius 3 is 2.23 bits per heavy atom. The first-order valence-electron chi connectivity index (χ1n) is 20.8. The summed E-state index contributed by atoms with van der Waals surface area (Å²) in [5.41, 5.74) is 1.12. The van der Waals surface area contributed by atoms with Crippen LogP contribution in [0, 0.1) is 17.8 Å². The lowest BCUT2D eigenvalue weighted by Crippen LogP contribution is -2.61. The number of unbranched alkanes of at least 4 members (excludes halogenated alkanes) is 3. The Balaban J connectivity index is 2.38. The van der Waals surface area contributed by atoms with Gasteiger partial charge in [0.1, 0.15) is 28.9 Å². The number of methoxy groups -OCH3 is 1. The number of nitrogens with one attached hydrogen (secondary N) is 4. The van der Waals surface area contributed by atoms with Gasteiger partial charge >= 0.3 is 5.97 Å². The van der Waals surface area contributed by atoms with E-state index in [1.807, 2.05) is 72.0 Å². The van der Waals surface area contributed by atoms with Gasteiger partial charge in [0.05, 0.1) is 13.0 Å². The molecular formula is C43H70N6O7S. The van der Waals surface area contributed by atoms with Gasteiger partial charge in [0.25, 0.3) is 5.91 Å². The molecule has 1 unspecified atom stereocenters. The third-order valence-electron chi connectivity index (χ3n) is 10.5. The minimum absolute atomic E-state index is 0.0461. The number of thiazole rings is 1. The van der Waals surface area contributed by atoms with Crippen molar-refractivity contribution < 1.29 is 33.8 Å². The number of aliphatic hydroxyl groups excluding tert-OH is 1. The van der Waals surface area contributed by atoms with Crippen molar-refractivity contribution in [2.45, 2.75) is 143 Å². The Morgan fingerprint density at radius 2 is 1.61 bits per heavy atom. The summed E-state index contributed by atoms with van der Waals surface area (Å²) in [5, 5.41) is 25.7. The van der Waals surface area contributed by atoms with Crippen molar-refractivity contribution in [3.63, 3.8) is 0 Å². The normalized spacial score (nSPS) is 15.1. The molecule has 0 saturated heterocycles. The number of benzene rings is 1. The Hall–Kier alpha value is -3.88. The quantitative estimate of drug-likeness (QED) is 0.0569. The Morgan fingerprint density at radius 1 is 0.912 bits per heavy atom. The molecule has 57 heavy (non-hydrogen) atoms. The molecule has 1 heterocycles. The number of esters is 1. The Labute approximate surface area is 344 Å². The van der Waals surface area contributed by atoms with Gasteiger partial charge in [-0.25, -0.2) is 4.98 Å². The van der Waals surface area contributed by atoms with Crippen molar-refractivity contribution >= 4 is 40.9 Å². The highest BCUT2D eigenvalue weighted by atomic mass is 32.1. The van der Waals surface area contributed by atoms with Gasteiger partial charge in [0.15, 0.2) is 0 Å². The monoisotopic (exact) mass is 815 g/mol. The number of amides is 4. The van der Waals surface area contributed by atoms with Crippen molar-refractivity contribution in [3.8, 4) is 0 Å². The summed E-state index contributed by atoms with van der Waals surface area (Å²) in [6.07, 6.45) is 4.85. The number of rotatable bonds is 27. The molecule has 14 heteroatoms. The minimum atomic E-state index is -1.16. The van der Waals surface area contributed by atoms with Crippen LogP contribution in [0.15, 0.2) is 35.7 Å². The first-order valence-corrected chi connectivity index (χ1v) is 21.7. The molecule has 1 aromatic carbocycles. The second kappa shape index (κ2) is 26.2. The van der Waals surface area contributed by atoms with Crippen molar-refractivity contribution in [2.75, 3.05) is 27.2 Å². The lowest BCUT2D eigenvalue weighted by atomic mass is 9.91. The molecule has 0 saturated carbocycles. The highest BCUT2D eigenvalue weighted by Gasteiger charge is 2.40. The first-order chi connectivity index (χ1) is 27.2. The Kier molecular flexibility index (Phi) is 22.6. The van der Waals surface area contributed by atoms with E-state index in [1.54, 1.807) is 24.1 Å². The summed E-state index contributed by atoms with van der Waals surface area (Å²) >= 11 is 1.14. The second-order valence-corrected chi connectivity index (χ2v) is 16.5. The van der Waals surface area contributed by atoms with E-state index in [9.17, 15) is 29.1 Å². The van der Waals surface area contributed by atoms with E-state index in [4.69, 9.17) is 4.74 Å². The van der Waals surface area contributed by atoms with Gasteiger partial charge in [0.2, 0.25) is 17.7 Å². The van der Waals surface area contributed by atoms with Crippen LogP contribution in [-0.2, 0) is 30.3 Å². The van der Waals surface area contributed by atoms with Gasteiger partial charge in [-0.15, -0.1) is 11.3 Å². The third-order valence-corrected chi connectivity index (χ3v) is 11.5. The first kappa shape index (κ1) is 49.3. The van der Waals surface area contributed by atoms with Gasteiger partial charge < -0.3 is 36.0 Å². The zero-order valence-electron chi connectivity index (χ0n) is 35.8. The average molecular weight is 815 g/mol. The summed E-state index contributed by atoms with van der Waals surface area (Å²) in [6.45, 7) is 14.6.